The molecule has 4 nitrogen and oxygen atoms in total. The van der Waals surface area contributed by atoms with Gasteiger partial charge in [-0.1, -0.05) is 0 Å². The highest BCUT2D eigenvalue weighted by atomic mass is 16.4. The predicted octanol–water partition coefficient (Wildman–Crippen LogP) is 2.14. The molecular weight excluding hydrogens is 204 g/mol. The molecule has 0 bridgehead atoms. The predicted molar refractivity (Wildman–Crippen MR) is 60.4 cm³/mol. The zero-order chi connectivity index (χ0) is 12.0. The van der Waals surface area contributed by atoms with Gasteiger partial charge >= 0.3 is 5.97 Å². The van der Waals surface area contributed by atoms with Crippen LogP contribution in [0.2, 0.25) is 0 Å². The van der Waals surface area contributed by atoms with Gasteiger partial charge in [-0.3, -0.25) is 9.48 Å². The van der Waals surface area contributed by atoms with E-state index >= 15 is 0 Å². The van der Waals surface area contributed by atoms with Crippen LogP contribution in [0.5, 0.6) is 0 Å². The molecule has 0 aliphatic heterocycles. The number of aromatic nitrogens is 2. The molecule has 0 amide bonds. The maximum Gasteiger partial charge on any atom is 0.304 e. The summed E-state index contributed by atoms with van der Waals surface area (Å²) in [6, 6.07) is 0. The van der Waals surface area contributed by atoms with Crippen molar-refractivity contribution in [3.8, 4) is 0 Å². The van der Waals surface area contributed by atoms with E-state index in [4.69, 9.17) is 5.11 Å². The molecule has 1 fully saturated rings. The Morgan fingerprint density at radius 1 is 1.56 bits per heavy atom. The highest BCUT2D eigenvalue weighted by molar-refractivity contribution is 5.70. The normalized spacial score (nSPS) is 18.4. The van der Waals surface area contributed by atoms with Gasteiger partial charge in [-0.25, -0.2) is 0 Å². The van der Waals surface area contributed by atoms with Crippen molar-refractivity contribution in [3.63, 3.8) is 0 Å². The molecule has 1 aliphatic rings. The third-order valence-electron chi connectivity index (χ3n) is 3.23. The van der Waals surface area contributed by atoms with Crippen molar-refractivity contribution in [1.29, 1.82) is 0 Å². The Bertz CT molecular complexity index is 411. The first-order chi connectivity index (χ1) is 7.33. The molecule has 1 saturated carbocycles. The zero-order valence-electron chi connectivity index (χ0n) is 10.0. The fourth-order valence-electron chi connectivity index (χ4n) is 1.97. The van der Waals surface area contributed by atoms with Crippen LogP contribution in [0.25, 0.3) is 0 Å². The van der Waals surface area contributed by atoms with Gasteiger partial charge in [0.2, 0.25) is 0 Å². The third kappa shape index (κ3) is 1.96. The Labute approximate surface area is 95.3 Å². The molecule has 1 heterocycles. The summed E-state index contributed by atoms with van der Waals surface area (Å²) in [5.41, 5.74) is 0.900. The highest BCUT2D eigenvalue weighted by Crippen LogP contribution is 2.51. The lowest BCUT2D eigenvalue weighted by atomic mass is 9.95. The van der Waals surface area contributed by atoms with Crippen molar-refractivity contribution >= 4 is 5.97 Å². The van der Waals surface area contributed by atoms with E-state index in [1.54, 1.807) is 0 Å². The quantitative estimate of drug-likeness (QED) is 0.852. The van der Waals surface area contributed by atoms with Gasteiger partial charge in [-0.05, 0) is 39.2 Å². The number of aliphatic carboxylic acids is 1. The minimum Gasteiger partial charge on any atom is -0.481 e. The number of hydrogen-bond donors (Lipinski definition) is 1. The molecule has 4 heteroatoms. The molecule has 2 rings (SSSR count). The van der Waals surface area contributed by atoms with Gasteiger partial charge in [-0.2, -0.15) is 5.10 Å². The molecule has 1 aliphatic carbocycles. The van der Waals surface area contributed by atoms with E-state index in [-0.39, 0.29) is 17.4 Å². The van der Waals surface area contributed by atoms with E-state index in [1.165, 1.54) is 0 Å². The van der Waals surface area contributed by atoms with Gasteiger partial charge in [0.05, 0.1) is 18.2 Å². The first-order valence-corrected chi connectivity index (χ1v) is 5.61. The summed E-state index contributed by atoms with van der Waals surface area (Å²) in [7, 11) is 0. The molecule has 1 N–H and O–H groups in total. The summed E-state index contributed by atoms with van der Waals surface area (Å²) in [6.07, 6.45) is 5.98. The Morgan fingerprint density at radius 3 is 2.56 bits per heavy atom. The van der Waals surface area contributed by atoms with Crippen molar-refractivity contribution in [1.82, 2.24) is 9.78 Å². The molecule has 1 aromatic rings. The molecular formula is C12H18N2O2. The van der Waals surface area contributed by atoms with Crippen molar-refractivity contribution in [2.75, 3.05) is 0 Å². The van der Waals surface area contributed by atoms with Crippen molar-refractivity contribution in [2.24, 2.45) is 0 Å². The van der Waals surface area contributed by atoms with Crippen LogP contribution in [0.4, 0.5) is 0 Å². The smallest absolute Gasteiger partial charge is 0.304 e. The second kappa shape index (κ2) is 3.34. The lowest BCUT2D eigenvalue weighted by molar-refractivity contribution is -0.137. The van der Waals surface area contributed by atoms with Gasteiger partial charge in [0, 0.05) is 11.6 Å². The van der Waals surface area contributed by atoms with Crippen LogP contribution in [0.3, 0.4) is 0 Å². The molecule has 0 spiro atoms. The molecule has 1 aromatic heterocycles. The van der Waals surface area contributed by atoms with Crippen LogP contribution in [-0.2, 0) is 15.7 Å². The van der Waals surface area contributed by atoms with E-state index in [9.17, 15) is 4.79 Å². The Kier molecular flexibility index (Phi) is 2.33. The topological polar surface area (TPSA) is 55.1 Å². The number of carboxylic acid groups (broad SMARTS) is 1. The fraction of sp³-hybridized carbons (Fsp3) is 0.667. The summed E-state index contributed by atoms with van der Waals surface area (Å²) >= 11 is 0. The van der Waals surface area contributed by atoms with Gasteiger partial charge in [0.1, 0.15) is 0 Å². The number of carbonyl (C=O) groups is 1. The molecule has 0 unspecified atom stereocenters. The van der Waals surface area contributed by atoms with Gasteiger partial charge < -0.3 is 5.11 Å². The maximum atomic E-state index is 10.8. The van der Waals surface area contributed by atoms with E-state index in [0.717, 1.165) is 18.4 Å². The fourth-order valence-corrected chi connectivity index (χ4v) is 1.97. The first-order valence-electron chi connectivity index (χ1n) is 5.61. The number of carboxylic acids is 1. The second-order valence-corrected chi connectivity index (χ2v) is 5.70. The monoisotopic (exact) mass is 222 g/mol. The zero-order valence-corrected chi connectivity index (χ0v) is 10.0. The van der Waals surface area contributed by atoms with Crippen LogP contribution in [0, 0.1) is 0 Å². The molecule has 0 radical (unpaired) electrons. The number of hydrogen-bond acceptors (Lipinski definition) is 2. The Morgan fingerprint density at radius 2 is 2.19 bits per heavy atom. The summed E-state index contributed by atoms with van der Waals surface area (Å²) in [5.74, 6) is -0.721. The third-order valence-corrected chi connectivity index (χ3v) is 3.23. The summed E-state index contributed by atoms with van der Waals surface area (Å²) < 4.78 is 1.91. The van der Waals surface area contributed by atoms with E-state index in [1.807, 2.05) is 17.1 Å². The number of rotatable bonds is 3. The van der Waals surface area contributed by atoms with E-state index in [0.29, 0.717) is 0 Å². The second-order valence-electron chi connectivity index (χ2n) is 5.70. The van der Waals surface area contributed by atoms with Crippen molar-refractivity contribution in [2.45, 2.75) is 51.0 Å². The molecule has 88 valence electrons. The minimum absolute atomic E-state index is 0.0441. The summed E-state index contributed by atoms with van der Waals surface area (Å²) in [5, 5.41) is 13.2. The Balaban J connectivity index is 2.22. The Hall–Kier alpha value is -1.32. The SMILES string of the molecule is CC(C)(C)n1cc(C2(CC(=O)O)CC2)cn1. The highest BCUT2D eigenvalue weighted by Gasteiger charge is 2.47. The van der Waals surface area contributed by atoms with Gasteiger partial charge in [0.25, 0.3) is 0 Å². The first kappa shape index (κ1) is 11.2. The van der Waals surface area contributed by atoms with E-state index < -0.39 is 5.97 Å². The largest absolute Gasteiger partial charge is 0.481 e. The minimum atomic E-state index is -0.721. The lowest BCUT2D eigenvalue weighted by Crippen LogP contribution is -2.22. The molecule has 0 atom stereocenters. The average Bonchev–Trinajstić information content (AvgIpc) is 2.73. The van der Waals surface area contributed by atoms with Crippen molar-refractivity contribution in [3.05, 3.63) is 18.0 Å². The van der Waals surface area contributed by atoms with E-state index in [2.05, 4.69) is 25.9 Å². The van der Waals surface area contributed by atoms with Gasteiger partial charge in [0.15, 0.2) is 0 Å². The molecule has 16 heavy (non-hydrogen) atoms. The lowest BCUT2D eigenvalue weighted by Gasteiger charge is -2.19. The maximum absolute atomic E-state index is 10.8. The van der Waals surface area contributed by atoms with Crippen LogP contribution in [-0.4, -0.2) is 20.9 Å². The van der Waals surface area contributed by atoms with Crippen LogP contribution >= 0.6 is 0 Å². The van der Waals surface area contributed by atoms with Crippen LogP contribution < -0.4 is 0 Å². The summed E-state index contributed by atoms with van der Waals surface area (Å²) in [6.45, 7) is 6.25. The van der Waals surface area contributed by atoms with Crippen LogP contribution in [0.1, 0.15) is 45.6 Å². The average molecular weight is 222 g/mol. The molecule has 0 saturated heterocycles. The summed E-state index contributed by atoms with van der Waals surface area (Å²) in [4.78, 5) is 10.8. The van der Waals surface area contributed by atoms with Gasteiger partial charge in [-0.15, -0.1) is 0 Å². The van der Waals surface area contributed by atoms with Crippen LogP contribution in [0.15, 0.2) is 12.4 Å². The van der Waals surface area contributed by atoms with Crippen molar-refractivity contribution < 1.29 is 9.90 Å². The standard InChI is InChI=1S/C12H18N2O2/c1-11(2,3)14-8-9(7-13-14)12(4-5-12)6-10(15)16/h7-8H,4-6H2,1-3H3,(H,15,16). The molecule has 0 aromatic carbocycles. The number of nitrogens with zero attached hydrogens (tertiary/aromatic N) is 2.